The molecule has 15 heavy (non-hydrogen) atoms. The molecule has 1 rings (SSSR count). The molecule has 1 unspecified atom stereocenters. The summed E-state index contributed by atoms with van der Waals surface area (Å²) in [7, 11) is 1.77. The van der Waals surface area contributed by atoms with Gasteiger partial charge in [-0.3, -0.25) is 4.90 Å². The van der Waals surface area contributed by atoms with E-state index in [2.05, 4.69) is 24.1 Å². The van der Waals surface area contributed by atoms with Crippen LogP contribution in [-0.2, 0) is 4.74 Å². The standard InChI is InChI=1S/C12H26N2O/c1-4-14(12-5-6-12)8-7-13-9-11(2)10-15-3/h11-13H,4-10H2,1-3H3. The van der Waals surface area contributed by atoms with E-state index < -0.39 is 0 Å². The number of hydrogen-bond acceptors (Lipinski definition) is 3. The van der Waals surface area contributed by atoms with Gasteiger partial charge in [-0.2, -0.15) is 0 Å². The van der Waals surface area contributed by atoms with Crippen LogP contribution in [0.2, 0.25) is 0 Å². The summed E-state index contributed by atoms with van der Waals surface area (Å²) >= 11 is 0. The third-order valence-electron chi connectivity index (χ3n) is 2.99. The van der Waals surface area contributed by atoms with Gasteiger partial charge in [0.15, 0.2) is 0 Å². The van der Waals surface area contributed by atoms with Crippen LogP contribution in [0.5, 0.6) is 0 Å². The van der Waals surface area contributed by atoms with Crippen molar-refractivity contribution in [1.29, 1.82) is 0 Å². The van der Waals surface area contributed by atoms with Crippen molar-refractivity contribution in [3.63, 3.8) is 0 Å². The molecule has 90 valence electrons. The summed E-state index contributed by atoms with van der Waals surface area (Å²) in [4.78, 5) is 2.58. The highest BCUT2D eigenvalue weighted by Crippen LogP contribution is 2.25. The maximum absolute atomic E-state index is 5.10. The Kier molecular flexibility index (Phi) is 6.22. The second-order valence-electron chi connectivity index (χ2n) is 4.62. The van der Waals surface area contributed by atoms with E-state index in [0.29, 0.717) is 5.92 Å². The summed E-state index contributed by atoms with van der Waals surface area (Å²) in [5.74, 6) is 0.617. The van der Waals surface area contributed by atoms with Crippen LogP contribution in [0.25, 0.3) is 0 Å². The lowest BCUT2D eigenvalue weighted by molar-refractivity contribution is 0.157. The van der Waals surface area contributed by atoms with Crippen LogP contribution >= 0.6 is 0 Å². The number of nitrogens with one attached hydrogen (secondary N) is 1. The van der Waals surface area contributed by atoms with E-state index in [0.717, 1.165) is 25.7 Å². The summed E-state index contributed by atoms with van der Waals surface area (Å²) < 4.78 is 5.10. The smallest absolute Gasteiger partial charge is 0.0499 e. The second kappa shape index (κ2) is 7.20. The fraction of sp³-hybridized carbons (Fsp3) is 1.00. The molecule has 0 aromatic heterocycles. The van der Waals surface area contributed by atoms with Crippen molar-refractivity contribution in [1.82, 2.24) is 10.2 Å². The molecule has 3 heteroatoms. The minimum atomic E-state index is 0.617. The predicted molar refractivity (Wildman–Crippen MR) is 64.2 cm³/mol. The summed E-state index contributed by atoms with van der Waals surface area (Å²) in [5, 5.41) is 3.50. The number of rotatable bonds is 9. The van der Waals surface area contributed by atoms with Crippen LogP contribution in [0.4, 0.5) is 0 Å². The quantitative estimate of drug-likeness (QED) is 0.586. The number of likely N-dealkylation sites (N-methyl/N-ethyl adjacent to an activating group) is 1. The van der Waals surface area contributed by atoms with Crippen molar-refractivity contribution in [2.45, 2.75) is 32.7 Å². The molecule has 0 aromatic rings. The van der Waals surface area contributed by atoms with Crippen LogP contribution in [-0.4, -0.2) is 50.8 Å². The van der Waals surface area contributed by atoms with E-state index in [4.69, 9.17) is 4.74 Å². The Morgan fingerprint density at radius 1 is 1.47 bits per heavy atom. The van der Waals surface area contributed by atoms with E-state index >= 15 is 0 Å². The van der Waals surface area contributed by atoms with Crippen molar-refractivity contribution in [2.24, 2.45) is 5.92 Å². The Bertz CT molecular complexity index is 160. The van der Waals surface area contributed by atoms with Crippen LogP contribution in [0.3, 0.4) is 0 Å². The molecule has 0 heterocycles. The van der Waals surface area contributed by atoms with Gasteiger partial charge in [-0.15, -0.1) is 0 Å². The van der Waals surface area contributed by atoms with Crippen molar-refractivity contribution < 1.29 is 4.74 Å². The number of hydrogen-bond donors (Lipinski definition) is 1. The van der Waals surface area contributed by atoms with E-state index in [1.165, 1.54) is 25.9 Å². The van der Waals surface area contributed by atoms with Gasteiger partial charge in [0.25, 0.3) is 0 Å². The lowest BCUT2D eigenvalue weighted by Gasteiger charge is -2.20. The Balaban J connectivity index is 1.95. The molecule has 1 atom stereocenters. The number of nitrogens with zero attached hydrogens (tertiary/aromatic N) is 1. The maximum atomic E-state index is 5.10. The zero-order chi connectivity index (χ0) is 11.1. The minimum Gasteiger partial charge on any atom is -0.384 e. The molecule has 0 aromatic carbocycles. The van der Waals surface area contributed by atoms with E-state index in [1.807, 2.05) is 0 Å². The van der Waals surface area contributed by atoms with Crippen LogP contribution < -0.4 is 5.32 Å². The summed E-state index contributed by atoms with van der Waals surface area (Å²) in [5.41, 5.74) is 0. The lowest BCUT2D eigenvalue weighted by Crippen LogP contribution is -2.35. The van der Waals surface area contributed by atoms with Gasteiger partial charge in [-0.05, 0) is 31.8 Å². The topological polar surface area (TPSA) is 24.5 Å². The molecule has 0 aliphatic heterocycles. The van der Waals surface area contributed by atoms with Crippen molar-refractivity contribution in [3.8, 4) is 0 Å². The molecular formula is C12H26N2O. The molecule has 1 saturated carbocycles. The van der Waals surface area contributed by atoms with Crippen LogP contribution in [0, 0.1) is 5.92 Å². The lowest BCUT2D eigenvalue weighted by atomic mass is 10.2. The molecule has 1 fully saturated rings. The Hall–Kier alpha value is -0.120. The average Bonchev–Trinajstić information content (AvgIpc) is 3.02. The highest BCUT2D eigenvalue weighted by atomic mass is 16.5. The first kappa shape index (κ1) is 12.9. The number of methoxy groups -OCH3 is 1. The average molecular weight is 214 g/mol. The van der Waals surface area contributed by atoms with Crippen molar-refractivity contribution in [2.75, 3.05) is 39.9 Å². The normalized spacial score (nSPS) is 18.4. The summed E-state index contributed by atoms with van der Waals surface area (Å²) in [6, 6.07) is 0.896. The summed E-state index contributed by atoms with van der Waals surface area (Å²) in [6.07, 6.45) is 2.82. The van der Waals surface area contributed by atoms with Gasteiger partial charge >= 0.3 is 0 Å². The third-order valence-corrected chi connectivity index (χ3v) is 2.99. The molecule has 1 N–H and O–H groups in total. The molecule has 1 aliphatic rings. The van der Waals surface area contributed by atoms with Gasteiger partial charge in [-0.25, -0.2) is 0 Å². The van der Waals surface area contributed by atoms with E-state index in [1.54, 1.807) is 7.11 Å². The fourth-order valence-corrected chi connectivity index (χ4v) is 1.95. The highest BCUT2D eigenvalue weighted by molar-refractivity contribution is 4.83. The van der Waals surface area contributed by atoms with Crippen LogP contribution in [0.15, 0.2) is 0 Å². The molecule has 1 aliphatic carbocycles. The Morgan fingerprint density at radius 3 is 2.73 bits per heavy atom. The van der Waals surface area contributed by atoms with Gasteiger partial charge in [0.2, 0.25) is 0 Å². The molecule has 3 nitrogen and oxygen atoms in total. The SMILES string of the molecule is CCN(CCNCC(C)COC)C1CC1. The second-order valence-corrected chi connectivity index (χ2v) is 4.62. The fourth-order valence-electron chi connectivity index (χ4n) is 1.95. The highest BCUT2D eigenvalue weighted by Gasteiger charge is 2.26. The molecule has 0 saturated heterocycles. The molecule has 0 spiro atoms. The first-order valence-electron chi connectivity index (χ1n) is 6.21. The first-order chi connectivity index (χ1) is 7.27. The summed E-state index contributed by atoms with van der Waals surface area (Å²) in [6.45, 7) is 9.89. The molecular weight excluding hydrogens is 188 g/mol. The Morgan fingerprint density at radius 2 is 2.20 bits per heavy atom. The van der Waals surface area contributed by atoms with Gasteiger partial charge in [0, 0.05) is 32.8 Å². The monoisotopic (exact) mass is 214 g/mol. The molecule has 0 radical (unpaired) electrons. The Labute approximate surface area is 94.2 Å². The van der Waals surface area contributed by atoms with Gasteiger partial charge < -0.3 is 10.1 Å². The zero-order valence-electron chi connectivity index (χ0n) is 10.5. The van der Waals surface area contributed by atoms with E-state index in [-0.39, 0.29) is 0 Å². The third kappa shape index (κ3) is 5.50. The van der Waals surface area contributed by atoms with Crippen molar-refractivity contribution >= 4 is 0 Å². The van der Waals surface area contributed by atoms with Crippen LogP contribution in [0.1, 0.15) is 26.7 Å². The van der Waals surface area contributed by atoms with E-state index in [9.17, 15) is 0 Å². The minimum absolute atomic E-state index is 0.617. The maximum Gasteiger partial charge on any atom is 0.0499 e. The molecule has 0 amide bonds. The van der Waals surface area contributed by atoms with Gasteiger partial charge in [0.1, 0.15) is 0 Å². The zero-order valence-corrected chi connectivity index (χ0v) is 10.5. The van der Waals surface area contributed by atoms with Gasteiger partial charge in [-0.1, -0.05) is 13.8 Å². The predicted octanol–water partition coefficient (Wildman–Crippen LogP) is 1.34. The first-order valence-corrected chi connectivity index (χ1v) is 6.21. The van der Waals surface area contributed by atoms with Crippen molar-refractivity contribution in [3.05, 3.63) is 0 Å². The largest absolute Gasteiger partial charge is 0.384 e. The van der Waals surface area contributed by atoms with Gasteiger partial charge in [0.05, 0.1) is 0 Å². The molecule has 0 bridgehead atoms. The number of ether oxygens (including phenoxy) is 1.